The van der Waals surface area contributed by atoms with Gasteiger partial charge in [-0.3, -0.25) is 4.68 Å². The Balaban J connectivity index is 1.68. The monoisotopic (exact) mass is 368 g/mol. The van der Waals surface area contributed by atoms with Crippen molar-refractivity contribution in [2.24, 2.45) is 0 Å². The lowest BCUT2D eigenvalue weighted by molar-refractivity contribution is -0.142. The molecule has 1 atom stereocenters. The number of hydrogen-bond donors (Lipinski definition) is 2. The topological polar surface area (TPSA) is 68.2 Å². The van der Waals surface area contributed by atoms with Crippen LogP contribution in [0.3, 0.4) is 0 Å². The summed E-state index contributed by atoms with van der Waals surface area (Å²) in [6, 6.07) is 6.02. The van der Waals surface area contributed by atoms with E-state index < -0.39 is 24.8 Å². The van der Waals surface area contributed by atoms with Crippen molar-refractivity contribution in [3.63, 3.8) is 0 Å². The molecule has 1 aliphatic rings. The Labute approximate surface area is 148 Å². The Morgan fingerprint density at radius 2 is 2.23 bits per heavy atom. The lowest BCUT2D eigenvalue weighted by atomic mass is 9.94. The molecule has 1 aliphatic carbocycles. The van der Waals surface area contributed by atoms with E-state index in [9.17, 15) is 18.0 Å². The van der Waals surface area contributed by atoms with Gasteiger partial charge in [0.05, 0.1) is 18.8 Å². The van der Waals surface area contributed by atoms with Gasteiger partial charge in [-0.1, -0.05) is 6.07 Å². The average molecular weight is 368 g/mol. The number of anilines is 1. The van der Waals surface area contributed by atoms with E-state index in [-0.39, 0.29) is 0 Å². The number of alkyl halides is 3. The zero-order chi connectivity index (χ0) is 18.7. The van der Waals surface area contributed by atoms with Gasteiger partial charge in [0, 0.05) is 18.0 Å². The molecule has 3 rings (SSSR count). The molecule has 6 nitrogen and oxygen atoms in total. The molecule has 0 aliphatic heterocycles. The maximum atomic E-state index is 12.6. The van der Waals surface area contributed by atoms with Crippen LogP contribution < -0.4 is 15.4 Å². The Kier molecular flexibility index (Phi) is 5.06. The number of aryl methyl sites for hydroxylation is 1. The van der Waals surface area contributed by atoms with Gasteiger partial charge >= 0.3 is 12.2 Å². The molecule has 1 unspecified atom stereocenters. The van der Waals surface area contributed by atoms with Crippen LogP contribution in [0.25, 0.3) is 0 Å². The van der Waals surface area contributed by atoms with Gasteiger partial charge in [0.15, 0.2) is 0 Å². The standard InChI is InChI=1S/C17H19F3N4O2/c1-26-13-6-3-5-12(8-13)21-16(25)22-14-7-2-4-11-9-24(23-15(11)14)10-17(18,19)20/h3,5-6,8-9,14H,2,4,7,10H2,1H3,(H2,21,22,25). The molecule has 0 radical (unpaired) electrons. The molecule has 140 valence electrons. The van der Waals surface area contributed by atoms with E-state index in [1.807, 2.05) is 0 Å². The fourth-order valence-corrected chi connectivity index (χ4v) is 3.03. The maximum absolute atomic E-state index is 12.6. The molecule has 1 heterocycles. The van der Waals surface area contributed by atoms with E-state index in [1.165, 1.54) is 13.3 Å². The Morgan fingerprint density at radius 1 is 1.42 bits per heavy atom. The number of nitrogens with one attached hydrogen (secondary N) is 2. The molecule has 0 saturated heterocycles. The first-order valence-electron chi connectivity index (χ1n) is 8.18. The van der Waals surface area contributed by atoms with E-state index >= 15 is 0 Å². The van der Waals surface area contributed by atoms with Crippen molar-refractivity contribution in [2.75, 3.05) is 12.4 Å². The highest BCUT2D eigenvalue weighted by Gasteiger charge is 2.31. The molecule has 2 N–H and O–H groups in total. The van der Waals surface area contributed by atoms with E-state index in [4.69, 9.17) is 4.74 Å². The van der Waals surface area contributed by atoms with Crippen LogP contribution in [-0.4, -0.2) is 29.1 Å². The Bertz CT molecular complexity index is 789. The zero-order valence-corrected chi connectivity index (χ0v) is 14.1. The number of rotatable bonds is 4. The number of urea groups is 1. The van der Waals surface area contributed by atoms with E-state index in [2.05, 4.69) is 15.7 Å². The normalized spacial score (nSPS) is 16.7. The Hall–Kier alpha value is -2.71. The fourth-order valence-electron chi connectivity index (χ4n) is 3.03. The van der Waals surface area contributed by atoms with E-state index in [0.717, 1.165) is 16.7 Å². The molecule has 0 fully saturated rings. The van der Waals surface area contributed by atoms with Gasteiger partial charge in [0.1, 0.15) is 12.3 Å². The summed E-state index contributed by atoms with van der Waals surface area (Å²) in [5, 5.41) is 9.52. The lowest BCUT2D eigenvalue weighted by Crippen LogP contribution is -2.34. The zero-order valence-electron chi connectivity index (χ0n) is 14.1. The minimum atomic E-state index is -4.33. The lowest BCUT2D eigenvalue weighted by Gasteiger charge is -2.22. The predicted octanol–water partition coefficient (Wildman–Crippen LogP) is 3.65. The summed E-state index contributed by atoms with van der Waals surface area (Å²) >= 11 is 0. The minimum absolute atomic E-state index is 0.418. The number of ether oxygens (including phenoxy) is 1. The summed E-state index contributed by atoms with van der Waals surface area (Å²) in [7, 11) is 1.53. The van der Waals surface area contributed by atoms with Gasteiger partial charge < -0.3 is 15.4 Å². The molecule has 26 heavy (non-hydrogen) atoms. The molecule has 0 bridgehead atoms. The largest absolute Gasteiger partial charge is 0.497 e. The summed E-state index contributed by atoms with van der Waals surface area (Å²) < 4.78 is 43.7. The second-order valence-corrected chi connectivity index (χ2v) is 6.13. The van der Waals surface area contributed by atoms with Crippen molar-refractivity contribution < 1.29 is 22.7 Å². The summed E-state index contributed by atoms with van der Waals surface area (Å²) in [6.45, 7) is -1.14. The van der Waals surface area contributed by atoms with Crippen molar-refractivity contribution in [2.45, 2.75) is 38.0 Å². The number of nitrogens with zero attached hydrogens (tertiary/aromatic N) is 2. The van der Waals surface area contributed by atoms with Crippen LogP contribution in [-0.2, 0) is 13.0 Å². The van der Waals surface area contributed by atoms with Gasteiger partial charge in [0.25, 0.3) is 0 Å². The minimum Gasteiger partial charge on any atom is -0.497 e. The molecular weight excluding hydrogens is 349 g/mol. The predicted molar refractivity (Wildman–Crippen MR) is 89.1 cm³/mol. The number of hydrogen-bond acceptors (Lipinski definition) is 3. The fraction of sp³-hybridized carbons (Fsp3) is 0.412. The van der Waals surface area contributed by atoms with Crippen LogP contribution in [0.4, 0.5) is 23.7 Å². The molecule has 1 aromatic heterocycles. The van der Waals surface area contributed by atoms with Gasteiger partial charge in [-0.15, -0.1) is 0 Å². The van der Waals surface area contributed by atoms with Gasteiger partial charge in [-0.25, -0.2) is 4.79 Å². The summed E-state index contributed by atoms with van der Waals surface area (Å²) in [6.07, 6.45) is -0.864. The third-order valence-electron chi connectivity index (χ3n) is 4.11. The number of carbonyl (C=O) groups is 1. The number of methoxy groups -OCH3 is 1. The molecule has 2 aromatic rings. The molecule has 1 aromatic carbocycles. The first-order chi connectivity index (χ1) is 12.3. The third kappa shape index (κ3) is 4.47. The number of carbonyl (C=O) groups excluding carboxylic acids is 1. The highest BCUT2D eigenvalue weighted by atomic mass is 19.4. The van der Waals surface area contributed by atoms with Gasteiger partial charge in [-0.2, -0.15) is 18.3 Å². The van der Waals surface area contributed by atoms with E-state index in [0.29, 0.717) is 30.0 Å². The van der Waals surface area contributed by atoms with Crippen LogP contribution in [0.2, 0.25) is 0 Å². The van der Waals surface area contributed by atoms with Crippen molar-refractivity contribution in [1.29, 1.82) is 0 Å². The molecule has 2 amide bonds. The molecule has 9 heteroatoms. The number of amides is 2. The van der Waals surface area contributed by atoms with Gasteiger partial charge in [0.2, 0.25) is 0 Å². The van der Waals surface area contributed by atoms with E-state index in [1.54, 1.807) is 24.3 Å². The van der Waals surface area contributed by atoms with Gasteiger partial charge in [-0.05, 0) is 37.0 Å². The molecular formula is C17H19F3N4O2. The smallest absolute Gasteiger partial charge is 0.408 e. The summed E-state index contributed by atoms with van der Waals surface area (Å²) in [4.78, 5) is 12.2. The van der Waals surface area contributed by atoms with Crippen LogP contribution >= 0.6 is 0 Å². The maximum Gasteiger partial charge on any atom is 0.408 e. The number of benzene rings is 1. The number of halogens is 3. The average Bonchev–Trinajstić information content (AvgIpc) is 2.96. The number of aromatic nitrogens is 2. The third-order valence-corrected chi connectivity index (χ3v) is 4.11. The molecule has 0 spiro atoms. The van der Waals surface area contributed by atoms with Crippen LogP contribution in [0, 0.1) is 0 Å². The Morgan fingerprint density at radius 3 is 2.96 bits per heavy atom. The summed E-state index contributed by atoms with van der Waals surface area (Å²) in [5.74, 6) is 0.605. The van der Waals surface area contributed by atoms with Crippen LogP contribution in [0.5, 0.6) is 5.75 Å². The van der Waals surface area contributed by atoms with Crippen molar-refractivity contribution in [1.82, 2.24) is 15.1 Å². The highest BCUT2D eigenvalue weighted by molar-refractivity contribution is 5.89. The number of fused-ring (bicyclic) bond motifs is 1. The van der Waals surface area contributed by atoms with Crippen molar-refractivity contribution >= 4 is 11.7 Å². The first kappa shape index (κ1) is 18.1. The van der Waals surface area contributed by atoms with Crippen LogP contribution in [0.15, 0.2) is 30.5 Å². The highest BCUT2D eigenvalue weighted by Crippen LogP contribution is 2.29. The second-order valence-electron chi connectivity index (χ2n) is 6.13. The van der Waals surface area contributed by atoms with Crippen LogP contribution in [0.1, 0.15) is 30.1 Å². The molecule has 0 saturated carbocycles. The summed E-state index contributed by atoms with van der Waals surface area (Å²) in [5.41, 5.74) is 1.80. The second kappa shape index (κ2) is 7.27. The van der Waals surface area contributed by atoms with Crippen molar-refractivity contribution in [3.05, 3.63) is 41.7 Å². The van der Waals surface area contributed by atoms with Crippen molar-refractivity contribution in [3.8, 4) is 5.75 Å². The quantitative estimate of drug-likeness (QED) is 0.866. The SMILES string of the molecule is COc1cccc(NC(=O)NC2CCCc3cn(CC(F)(F)F)nc32)c1. The first-order valence-corrected chi connectivity index (χ1v) is 8.18.